The van der Waals surface area contributed by atoms with Crippen LogP contribution in [0.2, 0.25) is 0 Å². The Hall–Kier alpha value is -0.960. The van der Waals surface area contributed by atoms with Crippen molar-refractivity contribution in [1.82, 2.24) is 4.98 Å². The zero-order valence-corrected chi connectivity index (χ0v) is 6.89. The highest BCUT2D eigenvalue weighted by atomic mass is 35.5. The molecular weight excluding hydrogens is 162 g/mol. The van der Waals surface area contributed by atoms with Gasteiger partial charge in [0.15, 0.2) is 0 Å². The first-order valence-corrected chi connectivity index (χ1v) is 3.75. The van der Waals surface area contributed by atoms with Crippen LogP contribution in [0.15, 0.2) is 17.3 Å². The third-order valence-corrected chi connectivity index (χ3v) is 2.07. The number of H-pyrrole nitrogens is 1. The predicted octanol–water partition coefficient (Wildman–Crippen LogP) is 1.41. The van der Waals surface area contributed by atoms with Gasteiger partial charge in [-0.15, -0.1) is 0 Å². The third-order valence-electron chi connectivity index (χ3n) is 1.75. The molecule has 0 saturated heterocycles. The molecule has 0 radical (unpaired) electrons. The van der Waals surface area contributed by atoms with Crippen molar-refractivity contribution in [3.05, 3.63) is 17.8 Å². The Bertz CT molecular complexity index is 302. The van der Waals surface area contributed by atoms with Gasteiger partial charge in [-0.2, -0.15) is 0 Å². The van der Waals surface area contributed by atoms with E-state index in [1.165, 1.54) is 0 Å². The summed E-state index contributed by atoms with van der Waals surface area (Å²) in [5.74, 6) is 1.05. The van der Waals surface area contributed by atoms with E-state index in [0.717, 1.165) is 11.4 Å². The zero-order chi connectivity index (χ0) is 7.84. The molecule has 1 aromatic heterocycles. The van der Waals surface area contributed by atoms with Crippen molar-refractivity contribution >= 4 is 22.6 Å². The monoisotopic (exact) mass is 169 g/mol. The molecule has 1 aliphatic rings. The van der Waals surface area contributed by atoms with Crippen LogP contribution in [-0.4, -0.2) is 23.9 Å². The summed E-state index contributed by atoms with van der Waals surface area (Å²) >= 11 is 5.86. The van der Waals surface area contributed by atoms with Crippen molar-refractivity contribution in [3.63, 3.8) is 0 Å². The zero-order valence-electron chi connectivity index (χ0n) is 6.13. The summed E-state index contributed by atoms with van der Waals surface area (Å²) in [6.45, 7) is 0.631. The minimum absolute atomic E-state index is 0.597. The number of halogens is 1. The SMILES string of the molecule is CN1CN=C(Cl)c2cc[nH]c21. The molecule has 1 aliphatic heterocycles. The molecule has 0 amide bonds. The molecule has 0 atom stereocenters. The number of anilines is 1. The van der Waals surface area contributed by atoms with Crippen LogP contribution in [0, 0.1) is 0 Å². The maximum Gasteiger partial charge on any atom is 0.136 e. The molecule has 0 bridgehead atoms. The quantitative estimate of drug-likeness (QED) is 0.626. The molecule has 11 heavy (non-hydrogen) atoms. The first kappa shape index (κ1) is 6.73. The predicted molar refractivity (Wildman–Crippen MR) is 46.5 cm³/mol. The molecule has 4 heteroatoms. The molecule has 58 valence electrons. The summed E-state index contributed by atoms with van der Waals surface area (Å²) in [6, 6.07) is 1.93. The number of aliphatic imine (C=N–C) groups is 1. The maximum atomic E-state index is 5.86. The van der Waals surface area contributed by atoms with E-state index in [4.69, 9.17) is 11.6 Å². The molecule has 0 aliphatic carbocycles. The Balaban J connectivity index is 2.55. The fraction of sp³-hybridized carbons (Fsp3) is 0.286. The van der Waals surface area contributed by atoms with E-state index in [1.54, 1.807) is 0 Å². The largest absolute Gasteiger partial charge is 0.348 e. The second-order valence-corrected chi connectivity index (χ2v) is 2.89. The lowest BCUT2D eigenvalue weighted by Gasteiger charge is -2.20. The van der Waals surface area contributed by atoms with Crippen LogP contribution in [0.4, 0.5) is 5.82 Å². The number of fused-ring (bicyclic) bond motifs is 1. The second kappa shape index (κ2) is 2.27. The molecule has 1 aromatic rings. The summed E-state index contributed by atoms with van der Waals surface area (Å²) in [6.07, 6.45) is 1.87. The average Bonchev–Trinajstić information content (AvgIpc) is 2.45. The molecule has 1 N–H and O–H groups in total. The highest BCUT2D eigenvalue weighted by Crippen LogP contribution is 2.22. The summed E-state index contributed by atoms with van der Waals surface area (Å²) < 4.78 is 0. The molecule has 0 fully saturated rings. The lowest BCUT2D eigenvalue weighted by atomic mass is 10.3. The van der Waals surface area contributed by atoms with E-state index in [9.17, 15) is 0 Å². The molecule has 0 saturated carbocycles. The molecule has 3 nitrogen and oxygen atoms in total. The fourth-order valence-corrected chi connectivity index (χ4v) is 1.37. The van der Waals surface area contributed by atoms with Crippen molar-refractivity contribution in [2.45, 2.75) is 0 Å². The standard InChI is InChI=1S/C7H8ClN3/c1-11-4-10-6(8)5-2-3-9-7(5)11/h2-3,9H,4H2,1H3. The minimum Gasteiger partial charge on any atom is -0.348 e. The Morgan fingerprint density at radius 2 is 2.55 bits per heavy atom. The van der Waals surface area contributed by atoms with E-state index >= 15 is 0 Å². The van der Waals surface area contributed by atoms with Crippen LogP contribution >= 0.6 is 11.6 Å². The first-order valence-electron chi connectivity index (χ1n) is 3.38. The van der Waals surface area contributed by atoms with E-state index < -0.39 is 0 Å². The summed E-state index contributed by atoms with van der Waals surface area (Å²) in [5, 5.41) is 0.597. The number of aromatic nitrogens is 1. The van der Waals surface area contributed by atoms with Crippen LogP contribution in [0.5, 0.6) is 0 Å². The number of nitrogens with one attached hydrogen (secondary N) is 1. The number of nitrogens with zero attached hydrogens (tertiary/aromatic N) is 2. The minimum atomic E-state index is 0.597. The lowest BCUT2D eigenvalue weighted by Crippen LogP contribution is -2.23. The first-order chi connectivity index (χ1) is 5.29. The van der Waals surface area contributed by atoms with Gasteiger partial charge in [0.2, 0.25) is 0 Å². The number of hydrogen-bond acceptors (Lipinski definition) is 2. The van der Waals surface area contributed by atoms with Gasteiger partial charge >= 0.3 is 0 Å². The average molecular weight is 170 g/mol. The van der Waals surface area contributed by atoms with Crippen LogP contribution in [0.1, 0.15) is 5.56 Å². The second-order valence-electron chi connectivity index (χ2n) is 2.53. The third kappa shape index (κ3) is 0.922. The van der Waals surface area contributed by atoms with E-state index in [1.807, 2.05) is 24.2 Å². The van der Waals surface area contributed by atoms with E-state index in [0.29, 0.717) is 11.8 Å². The van der Waals surface area contributed by atoms with E-state index in [-0.39, 0.29) is 0 Å². The van der Waals surface area contributed by atoms with Crippen molar-refractivity contribution in [3.8, 4) is 0 Å². The van der Waals surface area contributed by atoms with Gasteiger partial charge in [0.05, 0.1) is 5.56 Å². The van der Waals surface area contributed by atoms with Gasteiger partial charge < -0.3 is 9.88 Å². The summed E-state index contributed by atoms with van der Waals surface area (Å²) in [5.41, 5.74) is 0.986. The molecule has 0 aromatic carbocycles. The summed E-state index contributed by atoms with van der Waals surface area (Å²) in [7, 11) is 1.97. The number of aromatic amines is 1. The molecular formula is C7H8ClN3. The number of rotatable bonds is 0. The Morgan fingerprint density at radius 1 is 1.73 bits per heavy atom. The van der Waals surface area contributed by atoms with Gasteiger partial charge in [0.25, 0.3) is 0 Å². The Kier molecular flexibility index (Phi) is 1.39. The normalized spacial score (nSPS) is 16.2. The molecule has 2 rings (SSSR count). The topological polar surface area (TPSA) is 31.4 Å². The fourth-order valence-electron chi connectivity index (χ4n) is 1.17. The lowest BCUT2D eigenvalue weighted by molar-refractivity contribution is 0.904. The van der Waals surface area contributed by atoms with Crippen molar-refractivity contribution in [2.24, 2.45) is 4.99 Å². The van der Waals surface area contributed by atoms with Gasteiger partial charge in [0, 0.05) is 13.2 Å². The van der Waals surface area contributed by atoms with Gasteiger partial charge in [-0.1, -0.05) is 11.6 Å². The van der Waals surface area contributed by atoms with Crippen LogP contribution in [0.25, 0.3) is 0 Å². The molecule has 0 unspecified atom stereocenters. The maximum absolute atomic E-state index is 5.86. The van der Waals surface area contributed by atoms with Crippen LogP contribution in [0.3, 0.4) is 0 Å². The van der Waals surface area contributed by atoms with Gasteiger partial charge in [-0.05, 0) is 6.07 Å². The van der Waals surface area contributed by atoms with Crippen molar-refractivity contribution < 1.29 is 0 Å². The highest BCUT2D eigenvalue weighted by molar-refractivity contribution is 6.70. The molecule has 2 heterocycles. The van der Waals surface area contributed by atoms with Crippen LogP contribution in [-0.2, 0) is 0 Å². The van der Waals surface area contributed by atoms with Gasteiger partial charge in [0.1, 0.15) is 17.7 Å². The highest BCUT2D eigenvalue weighted by Gasteiger charge is 2.16. The van der Waals surface area contributed by atoms with Crippen LogP contribution < -0.4 is 4.90 Å². The van der Waals surface area contributed by atoms with Gasteiger partial charge in [-0.3, -0.25) is 4.99 Å². The van der Waals surface area contributed by atoms with E-state index in [2.05, 4.69) is 9.98 Å². The number of hydrogen-bond donors (Lipinski definition) is 1. The van der Waals surface area contributed by atoms with Crippen molar-refractivity contribution in [1.29, 1.82) is 0 Å². The smallest absolute Gasteiger partial charge is 0.136 e. The molecule has 0 spiro atoms. The van der Waals surface area contributed by atoms with Crippen molar-refractivity contribution in [2.75, 3.05) is 18.6 Å². The van der Waals surface area contributed by atoms with Gasteiger partial charge in [-0.25, -0.2) is 0 Å². The summed E-state index contributed by atoms with van der Waals surface area (Å²) in [4.78, 5) is 9.23. The Morgan fingerprint density at radius 3 is 3.27 bits per heavy atom. The Labute approximate surface area is 69.7 Å².